The van der Waals surface area contributed by atoms with Crippen LogP contribution < -0.4 is 15.2 Å². The van der Waals surface area contributed by atoms with Gasteiger partial charge in [-0.05, 0) is 30.5 Å². The minimum atomic E-state index is -0.181. The first-order valence-corrected chi connectivity index (χ1v) is 7.83. The van der Waals surface area contributed by atoms with Crippen LogP contribution in [0.5, 0.6) is 11.5 Å². The number of nitrogens with two attached hydrogens (primary N) is 1. The molecular formula is C17H26N2O3. The molecule has 1 fully saturated rings. The smallest absolute Gasteiger partial charge is 0.224 e. The van der Waals surface area contributed by atoms with E-state index >= 15 is 0 Å². The highest BCUT2D eigenvalue weighted by molar-refractivity contribution is 5.80. The van der Waals surface area contributed by atoms with Crippen molar-refractivity contribution in [3.05, 3.63) is 23.8 Å². The van der Waals surface area contributed by atoms with Crippen molar-refractivity contribution in [3.8, 4) is 11.5 Å². The average molecular weight is 306 g/mol. The summed E-state index contributed by atoms with van der Waals surface area (Å²) < 4.78 is 11.2. The molecule has 1 aromatic rings. The summed E-state index contributed by atoms with van der Waals surface area (Å²) in [5, 5.41) is 0. The van der Waals surface area contributed by atoms with E-state index in [1.165, 1.54) is 0 Å². The molecule has 22 heavy (non-hydrogen) atoms. The summed E-state index contributed by atoms with van der Waals surface area (Å²) in [6, 6.07) is 5.54. The number of hydrogen-bond acceptors (Lipinski definition) is 4. The van der Waals surface area contributed by atoms with Crippen molar-refractivity contribution < 1.29 is 14.3 Å². The first-order chi connectivity index (χ1) is 10.5. The number of likely N-dealkylation sites (N-methyl/N-ethyl adjacent to an activating group) is 1. The van der Waals surface area contributed by atoms with Gasteiger partial charge in [0.25, 0.3) is 0 Å². The summed E-state index contributed by atoms with van der Waals surface area (Å²) >= 11 is 0. The maximum absolute atomic E-state index is 12.0. The number of rotatable bonds is 6. The molecule has 1 heterocycles. The molecule has 0 saturated carbocycles. The third kappa shape index (κ3) is 3.35. The number of carbonyl (C=O) groups is 1. The van der Waals surface area contributed by atoms with Crippen molar-refractivity contribution in [3.63, 3.8) is 0 Å². The fourth-order valence-corrected chi connectivity index (χ4v) is 2.86. The quantitative estimate of drug-likeness (QED) is 0.876. The second-order valence-corrected chi connectivity index (χ2v) is 6.11. The highest BCUT2D eigenvalue weighted by atomic mass is 16.5. The van der Waals surface area contributed by atoms with Crippen LogP contribution in [0.15, 0.2) is 18.2 Å². The van der Waals surface area contributed by atoms with Gasteiger partial charge in [-0.1, -0.05) is 19.9 Å². The van der Waals surface area contributed by atoms with Crippen LogP contribution in [0.25, 0.3) is 0 Å². The van der Waals surface area contributed by atoms with Crippen LogP contribution >= 0.6 is 0 Å². The fraction of sp³-hybridized carbons (Fsp3) is 0.588. The Labute approximate surface area is 132 Å². The highest BCUT2D eigenvalue weighted by Crippen LogP contribution is 2.36. The molecule has 0 aliphatic carbocycles. The molecule has 5 nitrogen and oxygen atoms in total. The van der Waals surface area contributed by atoms with E-state index in [0.717, 1.165) is 11.3 Å². The number of carbonyl (C=O) groups excluding carboxylic acids is 1. The van der Waals surface area contributed by atoms with Crippen molar-refractivity contribution in [2.75, 3.05) is 20.3 Å². The molecule has 2 atom stereocenters. The molecule has 2 rings (SSSR count). The first-order valence-electron chi connectivity index (χ1n) is 7.83. The Morgan fingerprint density at radius 2 is 2.09 bits per heavy atom. The van der Waals surface area contributed by atoms with Gasteiger partial charge in [-0.15, -0.1) is 0 Å². The van der Waals surface area contributed by atoms with Crippen LogP contribution in [0.1, 0.15) is 38.8 Å². The average Bonchev–Trinajstić information content (AvgIpc) is 2.78. The van der Waals surface area contributed by atoms with Gasteiger partial charge in [0.15, 0.2) is 11.5 Å². The Hall–Kier alpha value is -1.75. The first kappa shape index (κ1) is 16.6. The van der Waals surface area contributed by atoms with Gasteiger partial charge < -0.3 is 20.1 Å². The molecular weight excluding hydrogens is 280 g/mol. The van der Waals surface area contributed by atoms with Gasteiger partial charge in [0.2, 0.25) is 5.91 Å². The molecule has 1 aliphatic heterocycles. The number of amides is 1. The lowest BCUT2D eigenvalue weighted by molar-refractivity contribution is -0.128. The lowest BCUT2D eigenvalue weighted by Gasteiger charge is -2.26. The molecule has 0 aromatic heterocycles. The lowest BCUT2D eigenvalue weighted by Crippen LogP contribution is -2.32. The lowest BCUT2D eigenvalue weighted by atomic mass is 10.00. The summed E-state index contributed by atoms with van der Waals surface area (Å²) in [7, 11) is 1.62. The Morgan fingerprint density at radius 1 is 1.36 bits per heavy atom. The van der Waals surface area contributed by atoms with E-state index in [1.807, 2.05) is 30.0 Å². The highest BCUT2D eigenvalue weighted by Gasteiger charge is 2.37. The molecule has 1 aromatic carbocycles. The van der Waals surface area contributed by atoms with Gasteiger partial charge in [0.05, 0.1) is 19.8 Å². The molecule has 1 saturated heterocycles. The number of nitrogens with zero attached hydrogens (tertiary/aromatic N) is 1. The third-order valence-electron chi connectivity index (χ3n) is 3.91. The van der Waals surface area contributed by atoms with Crippen LogP contribution in [0.2, 0.25) is 0 Å². The van der Waals surface area contributed by atoms with Gasteiger partial charge in [-0.2, -0.15) is 0 Å². The van der Waals surface area contributed by atoms with Crippen LogP contribution in [0, 0.1) is 5.92 Å². The molecule has 2 unspecified atom stereocenters. The molecule has 1 aliphatic rings. The fourth-order valence-electron chi connectivity index (χ4n) is 2.86. The molecule has 0 spiro atoms. The van der Waals surface area contributed by atoms with Crippen molar-refractivity contribution >= 4 is 5.91 Å². The minimum absolute atomic E-state index is 0.0921. The molecule has 0 radical (unpaired) electrons. The zero-order chi connectivity index (χ0) is 16.3. The van der Waals surface area contributed by atoms with E-state index in [9.17, 15) is 4.79 Å². The number of ether oxygens (including phenoxy) is 2. The molecule has 5 heteroatoms. The number of methoxy groups -OCH3 is 1. The van der Waals surface area contributed by atoms with E-state index < -0.39 is 0 Å². The van der Waals surface area contributed by atoms with Gasteiger partial charge in [-0.25, -0.2) is 0 Å². The Morgan fingerprint density at radius 3 is 2.68 bits per heavy atom. The normalized spacial score (nSPS) is 21.5. The van der Waals surface area contributed by atoms with Crippen molar-refractivity contribution in [2.24, 2.45) is 11.7 Å². The maximum atomic E-state index is 12.0. The summed E-state index contributed by atoms with van der Waals surface area (Å²) in [6.45, 7) is 7.47. The summed E-state index contributed by atoms with van der Waals surface area (Å²) in [6.07, 6.45) is 0.395. The van der Waals surface area contributed by atoms with E-state index in [4.69, 9.17) is 15.2 Å². The zero-order valence-electron chi connectivity index (χ0n) is 13.8. The Balaban J connectivity index is 2.27. The van der Waals surface area contributed by atoms with E-state index in [-0.39, 0.29) is 18.0 Å². The molecule has 1 amide bonds. The standard InChI is InChI=1S/C17H26N2O3/c1-5-19-16(20)9-13(18)17(19)12-6-7-14(15(8-12)21-4)22-10-11(2)3/h6-8,11,13,17H,5,9-10,18H2,1-4H3. The van der Waals surface area contributed by atoms with Gasteiger partial charge in [0.1, 0.15) is 0 Å². The predicted molar refractivity (Wildman–Crippen MR) is 86.0 cm³/mol. The van der Waals surface area contributed by atoms with Gasteiger partial charge >= 0.3 is 0 Å². The number of hydrogen-bond donors (Lipinski definition) is 1. The molecule has 0 bridgehead atoms. The van der Waals surface area contributed by atoms with Crippen molar-refractivity contribution in [1.29, 1.82) is 0 Å². The zero-order valence-corrected chi connectivity index (χ0v) is 13.8. The molecule has 122 valence electrons. The monoisotopic (exact) mass is 306 g/mol. The van der Waals surface area contributed by atoms with Crippen LogP contribution in [-0.4, -0.2) is 37.1 Å². The van der Waals surface area contributed by atoms with Crippen LogP contribution in [0.4, 0.5) is 0 Å². The van der Waals surface area contributed by atoms with Gasteiger partial charge in [0, 0.05) is 19.0 Å². The van der Waals surface area contributed by atoms with E-state index in [2.05, 4.69) is 13.8 Å². The van der Waals surface area contributed by atoms with Crippen molar-refractivity contribution in [1.82, 2.24) is 4.90 Å². The van der Waals surface area contributed by atoms with Crippen LogP contribution in [0.3, 0.4) is 0 Å². The number of benzene rings is 1. The second-order valence-electron chi connectivity index (χ2n) is 6.11. The maximum Gasteiger partial charge on any atom is 0.224 e. The summed E-state index contributed by atoms with van der Waals surface area (Å²) in [5.74, 6) is 1.96. The topological polar surface area (TPSA) is 64.8 Å². The Bertz CT molecular complexity index is 531. The number of likely N-dealkylation sites (tertiary alicyclic amines) is 1. The molecule has 2 N–H and O–H groups in total. The minimum Gasteiger partial charge on any atom is -0.493 e. The second kappa shape index (κ2) is 7.01. The Kier molecular flexibility index (Phi) is 5.29. The van der Waals surface area contributed by atoms with Crippen LogP contribution in [-0.2, 0) is 4.79 Å². The van der Waals surface area contributed by atoms with Crippen molar-refractivity contribution in [2.45, 2.75) is 39.3 Å². The van der Waals surface area contributed by atoms with E-state index in [0.29, 0.717) is 31.2 Å². The SMILES string of the molecule is CCN1C(=O)CC(N)C1c1ccc(OCC(C)C)c(OC)c1. The largest absolute Gasteiger partial charge is 0.493 e. The third-order valence-corrected chi connectivity index (χ3v) is 3.91. The summed E-state index contributed by atoms with van der Waals surface area (Å²) in [4.78, 5) is 13.8. The summed E-state index contributed by atoms with van der Waals surface area (Å²) in [5.41, 5.74) is 7.16. The van der Waals surface area contributed by atoms with Gasteiger partial charge in [-0.3, -0.25) is 4.79 Å². The van der Waals surface area contributed by atoms with E-state index in [1.54, 1.807) is 7.11 Å². The predicted octanol–water partition coefficient (Wildman–Crippen LogP) is 2.35.